The summed E-state index contributed by atoms with van der Waals surface area (Å²) in [6, 6.07) is 3.22. The Morgan fingerprint density at radius 1 is 1.17 bits per heavy atom. The van der Waals surface area contributed by atoms with Crippen molar-refractivity contribution in [1.82, 2.24) is 4.98 Å². The van der Waals surface area contributed by atoms with Gasteiger partial charge in [0, 0.05) is 12.6 Å². The van der Waals surface area contributed by atoms with E-state index in [1.807, 2.05) is 6.08 Å². The molecule has 0 radical (unpaired) electrons. The Morgan fingerprint density at radius 3 is 2.50 bits per heavy atom. The number of carbonyl (C=O) groups is 2. The number of allylic oxidation sites excluding steroid dienone is 1. The standard InChI is InChI=1S/C19H28N2O3/c1-3-5-6-7-8-9-10-11-12-18(22)21-17-14-13-16(15-20-17)19(23)24-4-2/h3,13-15H,1,4-12H2,2H3,(H,20,21,22). The number of pyridine rings is 1. The molecular formula is C19H28N2O3. The molecule has 0 spiro atoms. The third-order valence-corrected chi connectivity index (χ3v) is 3.60. The fourth-order valence-electron chi connectivity index (χ4n) is 2.29. The van der Waals surface area contributed by atoms with E-state index in [1.165, 1.54) is 25.5 Å². The summed E-state index contributed by atoms with van der Waals surface area (Å²) in [6.07, 6.45) is 11.7. The first-order valence-electron chi connectivity index (χ1n) is 8.71. The Balaban J connectivity index is 2.18. The van der Waals surface area contributed by atoms with Gasteiger partial charge < -0.3 is 10.1 Å². The molecule has 1 amide bonds. The van der Waals surface area contributed by atoms with Gasteiger partial charge in [-0.2, -0.15) is 0 Å². The van der Waals surface area contributed by atoms with Crippen molar-refractivity contribution in [3.63, 3.8) is 0 Å². The van der Waals surface area contributed by atoms with E-state index >= 15 is 0 Å². The van der Waals surface area contributed by atoms with E-state index in [0.29, 0.717) is 24.4 Å². The number of rotatable bonds is 12. The van der Waals surface area contributed by atoms with Crippen molar-refractivity contribution in [3.8, 4) is 0 Å². The maximum absolute atomic E-state index is 11.9. The number of anilines is 1. The number of carbonyl (C=O) groups excluding carboxylic acids is 2. The van der Waals surface area contributed by atoms with Gasteiger partial charge in [0.1, 0.15) is 5.82 Å². The van der Waals surface area contributed by atoms with Crippen LogP contribution in [0.1, 0.15) is 68.6 Å². The number of amides is 1. The molecule has 0 saturated heterocycles. The molecule has 24 heavy (non-hydrogen) atoms. The average molecular weight is 332 g/mol. The first-order valence-corrected chi connectivity index (χ1v) is 8.71. The summed E-state index contributed by atoms with van der Waals surface area (Å²) in [5.74, 6) is 0.00600. The number of esters is 1. The van der Waals surface area contributed by atoms with E-state index in [0.717, 1.165) is 25.7 Å². The highest BCUT2D eigenvalue weighted by Crippen LogP contribution is 2.11. The largest absolute Gasteiger partial charge is 0.462 e. The molecule has 1 rings (SSSR count). The van der Waals surface area contributed by atoms with Crippen molar-refractivity contribution >= 4 is 17.7 Å². The molecule has 0 aromatic carbocycles. The van der Waals surface area contributed by atoms with E-state index in [2.05, 4.69) is 16.9 Å². The highest BCUT2D eigenvalue weighted by atomic mass is 16.5. The van der Waals surface area contributed by atoms with E-state index < -0.39 is 5.97 Å². The Kier molecular flexibility index (Phi) is 10.2. The van der Waals surface area contributed by atoms with Crippen molar-refractivity contribution in [2.45, 2.75) is 58.3 Å². The molecule has 0 bridgehead atoms. The molecule has 0 unspecified atom stereocenters. The van der Waals surface area contributed by atoms with E-state index in [4.69, 9.17) is 4.74 Å². The summed E-state index contributed by atoms with van der Waals surface area (Å²) >= 11 is 0. The first kappa shape index (κ1) is 19.9. The quantitative estimate of drug-likeness (QED) is 0.347. The summed E-state index contributed by atoms with van der Waals surface area (Å²) < 4.78 is 4.88. The van der Waals surface area contributed by atoms with E-state index in [-0.39, 0.29) is 5.91 Å². The highest BCUT2D eigenvalue weighted by molar-refractivity contribution is 5.91. The van der Waals surface area contributed by atoms with Crippen LogP contribution in [0.2, 0.25) is 0 Å². The number of aromatic nitrogens is 1. The van der Waals surface area contributed by atoms with Gasteiger partial charge in [-0.05, 0) is 38.3 Å². The van der Waals surface area contributed by atoms with Crippen molar-refractivity contribution in [2.24, 2.45) is 0 Å². The van der Waals surface area contributed by atoms with Crippen LogP contribution in [0.25, 0.3) is 0 Å². The number of hydrogen-bond acceptors (Lipinski definition) is 4. The fourth-order valence-corrected chi connectivity index (χ4v) is 2.29. The minimum atomic E-state index is -0.407. The molecule has 0 fully saturated rings. The lowest BCUT2D eigenvalue weighted by Crippen LogP contribution is -2.13. The Hall–Kier alpha value is -2.17. The molecule has 1 N–H and O–H groups in total. The lowest BCUT2D eigenvalue weighted by Gasteiger charge is -2.06. The molecular weight excluding hydrogens is 304 g/mol. The van der Waals surface area contributed by atoms with Gasteiger partial charge >= 0.3 is 5.97 Å². The second-order valence-corrected chi connectivity index (χ2v) is 5.65. The van der Waals surface area contributed by atoms with Crippen molar-refractivity contribution < 1.29 is 14.3 Å². The van der Waals surface area contributed by atoms with Crippen LogP contribution < -0.4 is 5.32 Å². The lowest BCUT2D eigenvalue weighted by molar-refractivity contribution is -0.116. The van der Waals surface area contributed by atoms with Gasteiger partial charge in [0.2, 0.25) is 5.91 Å². The number of nitrogens with one attached hydrogen (secondary N) is 1. The SMILES string of the molecule is C=CCCCCCCCCC(=O)Nc1ccc(C(=O)OCC)cn1. The third-order valence-electron chi connectivity index (χ3n) is 3.60. The fraction of sp³-hybridized carbons (Fsp3) is 0.526. The van der Waals surface area contributed by atoms with Crippen LogP contribution in [-0.2, 0) is 9.53 Å². The van der Waals surface area contributed by atoms with Crippen molar-refractivity contribution in [3.05, 3.63) is 36.5 Å². The van der Waals surface area contributed by atoms with E-state index in [1.54, 1.807) is 19.1 Å². The molecule has 0 aliphatic rings. The molecule has 5 nitrogen and oxygen atoms in total. The van der Waals surface area contributed by atoms with Crippen molar-refractivity contribution in [2.75, 3.05) is 11.9 Å². The van der Waals surface area contributed by atoms with Crippen LogP contribution in [-0.4, -0.2) is 23.5 Å². The monoisotopic (exact) mass is 332 g/mol. The summed E-state index contributed by atoms with van der Waals surface area (Å²) in [5.41, 5.74) is 0.381. The normalized spacial score (nSPS) is 10.2. The second-order valence-electron chi connectivity index (χ2n) is 5.65. The molecule has 1 aromatic rings. The molecule has 0 aliphatic carbocycles. The molecule has 1 heterocycles. The van der Waals surface area contributed by atoms with Gasteiger partial charge in [-0.15, -0.1) is 6.58 Å². The maximum Gasteiger partial charge on any atom is 0.339 e. The highest BCUT2D eigenvalue weighted by Gasteiger charge is 2.08. The van der Waals surface area contributed by atoms with Crippen LogP contribution in [0.4, 0.5) is 5.82 Å². The van der Waals surface area contributed by atoms with E-state index in [9.17, 15) is 9.59 Å². The zero-order chi connectivity index (χ0) is 17.6. The van der Waals surface area contributed by atoms with Gasteiger partial charge in [-0.1, -0.05) is 31.8 Å². The van der Waals surface area contributed by atoms with Crippen LogP contribution in [0, 0.1) is 0 Å². The Labute approximate surface area is 144 Å². The second kappa shape index (κ2) is 12.3. The molecule has 0 saturated carbocycles. The zero-order valence-corrected chi connectivity index (χ0v) is 14.6. The summed E-state index contributed by atoms with van der Waals surface area (Å²) in [7, 11) is 0. The Bertz CT molecular complexity index is 512. The van der Waals surface area contributed by atoms with Gasteiger partial charge in [0.05, 0.1) is 12.2 Å². The topological polar surface area (TPSA) is 68.3 Å². The minimum absolute atomic E-state index is 0.0435. The summed E-state index contributed by atoms with van der Waals surface area (Å²) in [6.45, 7) is 5.79. The molecule has 132 valence electrons. The lowest BCUT2D eigenvalue weighted by atomic mass is 10.1. The predicted molar refractivity (Wildman–Crippen MR) is 96.0 cm³/mol. The smallest absolute Gasteiger partial charge is 0.339 e. The molecule has 5 heteroatoms. The van der Waals surface area contributed by atoms with Gasteiger partial charge in [0.15, 0.2) is 0 Å². The van der Waals surface area contributed by atoms with Gasteiger partial charge in [-0.3, -0.25) is 4.79 Å². The van der Waals surface area contributed by atoms with Crippen LogP contribution in [0.15, 0.2) is 31.0 Å². The number of unbranched alkanes of at least 4 members (excludes halogenated alkanes) is 6. The predicted octanol–water partition coefficient (Wildman–Crippen LogP) is 4.50. The maximum atomic E-state index is 11.9. The van der Waals surface area contributed by atoms with Crippen LogP contribution in [0.3, 0.4) is 0 Å². The van der Waals surface area contributed by atoms with Crippen LogP contribution in [0.5, 0.6) is 0 Å². The summed E-state index contributed by atoms with van der Waals surface area (Å²) in [4.78, 5) is 27.4. The summed E-state index contributed by atoms with van der Waals surface area (Å²) in [5, 5.41) is 2.75. The van der Waals surface area contributed by atoms with Crippen LogP contribution >= 0.6 is 0 Å². The average Bonchev–Trinajstić information content (AvgIpc) is 2.58. The number of nitrogens with zero attached hydrogens (tertiary/aromatic N) is 1. The van der Waals surface area contributed by atoms with Crippen molar-refractivity contribution in [1.29, 1.82) is 0 Å². The minimum Gasteiger partial charge on any atom is -0.462 e. The first-order chi connectivity index (χ1) is 11.7. The third kappa shape index (κ3) is 8.46. The Morgan fingerprint density at radius 2 is 1.88 bits per heavy atom. The molecule has 1 aromatic heterocycles. The van der Waals surface area contributed by atoms with Gasteiger partial charge in [-0.25, -0.2) is 9.78 Å². The molecule has 0 atom stereocenters. The number of ether oxygens (including phenoxy) is 1. The zero-order valence-electron chi connectivity index (χ0n) is 14.6. The number of hydrogen-bond donors (Lipinski definition) is 1. The van der Waals surface area contributed by atoms with Gasteiger partial charge in [0.25, 0.3) is 0 Å². The molecule has 0 aliphatic heterocycles.